The summed E-state index contributed by atoms with van der Waals surface area (Å²) in [5.41, 5.74) is 3.10. The molecule has 0 bridgehead atoms. The molecule has 0 aliphatic heterocycles. The summed E-state index contributed by atoms with van der Waals surface area (Å²) in [6.45, 7) is 4.59. The van der Waals surface area contributed by atoms with Crippen LogP contribution in [0.25, 0.3) is 22.5 Å². The molecule has 0 fully saturated rings. The third-order valence-corrected chi connectivity index (χ3v) is 4.46. The zero-order valence-electron chi connectivity index (χ0n) is 15.5. The smallest absolute Gasteiger partial charge is 0.388 e. The minimum atomic E-state index is -0.679. The van der Waals surface area contributed by atoms with Crippen LogP contribution in [0.5, 0.6) is 0 Å². The van der Waals surface area contributed by atoms with Gasteiger partial charge in [0, 0.05) is 17.8 Å². The highest BCUT2D eigenvalue weighted by molar-refractivity contribution is 5.93. The molecule has 0 atom stereocenters. The zero-order valence-corrected chi connectivity index (χ0v) is 15.5. The Kier molecular flexibility index (Phi) is 4.52. The quantitative estimate of drug-likeness (QED) is 0.577. The number of rotatable bonds is 5. The summed E-state index contributed by atoms with van der Waals surface area (Å²) in [6, 6.07) is 14.6. The van der Waals surface area contributed by atoms with E-state index in [0.717, 1.165) is 28.1 Å². The monoisotopic (exact) mass is 377 g/mol. The summed E-state index contributed by atoms with van der Waals surface area (Å²) in [4.78, 5) is 28.9. The molecule has 0 unspecified atom stereocenters. The first kappa shape index (κ1) is 17.7. The molecule has 28 heavy (non-hydrogen) atoms. The standard InChI is InChI=1S/C20H19N5O3/c1-3-24-13(2)21-16-11-15(9-10-17(16)24)22-18(26)12-25-20(27)28-19(23-25)14-7-5-4-6-8-14/h4-11H,3,12H2,1-2H3,(H,22,26). The van der Waals surface area contributed by atoms with Crippen LogP contribution < -0.4 is 11.1 Å². The second-order valence-corrected chi connectivity index (χ2v) is 6.35. The molecule has 2 aromatic heterocycles. The number of aromatic nitrogens is 4. The zero-order chi connectivity index (χ0) is 19.7. The van der Waals surface area contributed by atoms with E-state index in [0.29, 0.717) is 11.3 Å². The SMILES string of the molecule is CCn1c(C)nc2cc(NC(=O)Cn3nc(-c4ccccc4)oc3=O)ccc21. The third-order valence-electron chi connectivity index (χ3n) is 4.46. The van der Waals surface area contributed by atoms with Gasteiger partial charge in [0.1, 0.15) is 12.4 Å². The molecule has 142 valence electrons. The van der Waals surface area contributed by atoms with Crippen LogP contribution in [0.2, 0.25) is 0 Å². The van der Waals surface area contributed by atoms with E-state index in [1.807, 2.05) is 43.3 Å². The van der Waals surface area contributed by atoms with E-state index in [2.05, 4.69) is 26.9 Å². The Labute approximate surface area is 160 Å². The molecule has 1 N–H and O–H groups in total. The highest BCUT2D eigenvalue weighted by Crippen LogP contribution is 2.20. The van der Waals surface area contributed by atoms with Crippen LogP contribution in [-0.2, 0) is 17.9 Å². The van der Waals surface area contributed by atoms with Gasteiger partial charge in [-0.15, -0.1) is 5.10 Å². The molecule has 2 heterocycles. The summed E-state index contributed by atoms with van der Waals surface area (Å²) in [5.74, 6) is 0.0479. The number of aryl methyl sites for hydroxylation is 2. The second-order valence-electron chi connectivity index (χ2n) is 6.35. The molecule has 8 heteroatoms. The van der Waals surface area contributed by atoms with Gasteiger partial charge < -0.3 is 14.3 Å². The fourth-order valence-electron chi connectivity index (χ4n) is 3.17. The average Bonchev–Trinajstić information content (AvgIpc) is 3.20. The van der Waals surface area contributed by atoms with E-state index < -0.39 is 5.76 Å². The first-order valence-corrected chi connectivity index (χ1v) is 8.95. The molecule has 8 nitrogen and oxygen atoms in total. The van der Waals surface area contributed by atoms with E-state index in [1.165, 1.54) is 0 Å². The van der Waals surface area contributed by atoms with Crippen LogP contribution in [0.1, 0.15) is 12.7 Å². The van der Waals surface area contributed by atoms with Crippen molar-refractivity contribution in [1.29, 1.82) is 0 Å². The summed E-state index contributed by atoms with van der Waals surface area (Å²) in [7, 11) is 0. The Morgan fingerprint density at radius 2 is 1.96 bits per heavy atom. The largest absolute Gasteiger partial charge is 0.437 e. The van der Waals surface area contributed by atoms with Crippen LogP contribution in [0, 0.1) is 6.92 Å². The lowest BCUT2D eigenvalue weighted by Gasteiger charge is -2.05. The number of anilines is 1. The Morgan fingerprint density at radius 3 is 2.71 bits per heavy atom. The maximum absolute atomic E-state index is 12.4. The van der Waals surface area contributed by atoms with Crippen molar-refractivity contribution >= 4 is 22.6 Å². The van der Waals surface area contributed by atoms with Gasteiger partial charge in [-0.25, -0.2) is 9.78 Å². The lowest BCUT2D eigenvalue weighted by atomic mass is 10.2. The van der Waals surface area contributed by atoms with E-state index in [-0.39, 0.29) is 18.3 Å². The lowest BCUT2D eigenvalue weighted by molar-refractivity contribution is -0.117. The summed E-state index contributed by atoms with van der Waals surface area (Å²) < 4.78 is 8.25. The van der Waals surface area contributed by atoms with Gasteiger partial charge in [-0.05, 0) is 44.2 Å². The predicted octanol–water partition coefficient (Wildman–Crippen LogP) is 2.82. The van der Waals surface area contributed by atoms with Gasteiger partial charge in [0.25, 0.3) is 0 Å². The third kappa shape index (κ3) is 3.32. The van der Waals surface area contributed by atoms with Gasteiger partial charge in [0.15, 0.2) is 0 Å². The summed E-state index contributed by atoms with van der Waals surface area (Å²) >= 11 is 0. The molecule has 0 saturated heterocycles. The van der Waals surface area contributed by atoms with Gasteiger partial charge in [-0.3, -0.25) is 4.79 Å². The number of imidazole rings is 1. The number of benzene rings is 2. The predicted molar refractivity (Wildman–Crippen MR) is 105 cm³/mol. The maximum atomic E-state index is 12.4. The average molecular weight is 377 g/mol. The van der Waals surface area contributed by atoms with Gasteiger partial charge in [-0.1, -0.05) is 18.2 Å². The first-order valence-electron chi connectivity index (χ1n) is 8.95. The number of carbonyl (C=O) groups excluding carboxylic acids is 1. The molecule has 2 aromatic carbocycles. The Hall–Kier alpha value is -3.68. The molecular weight excluding hydrogens is 358 g/mol. The molecule has 0 radical (unpaired) electrons. The summed E-state index contributed by atoms with van der Waals surface area (Å²) in [6.07, 6.45) is 0. The minimum Gasteiger partial charge on any atom is -0.388 e. The van der Waals surface area contributed by atoms with Crippen LogP contribution in [0.4, 0.5) is 5.69 Å². The van der Waals surface area contributed by atoms with Gasteiger partial charge in [0.05, 0.1) is 11.0 Å². The Bertz CT molecular complexity index is 1200. The molecule has 0 aliphatic carbocycles. The van der Waals surface area contributed by atoms with Crippen molar-refractivity contribution < 1.29 is 9.21 Å². The summed E-state index contributed by atoms with van der Waals surface area (Å²) in [5, 5.41) is 6.87. The Morgan fingerprint density at radius 1 is 1.18 bits per heavy atom. The lowest BCUT2D eigenvalue weighted by Crippen LogP contribution is -2.25. The van der Waals surface area contributed by atoms with Crippen LogP contribution in [0.15, 0.2) is 57.7 Å². The molecule has 0 saturated carbocycles. The highest BCUT2D eigenvalue weighted by atomic mass is 16.4. The normalized spacial score (nSPS) is 11.1. The van der Waals surface area contributed by atoms with Crippen LogP contribution in [-0.4, -0.2) is 25.2 Å². The van der Waals surface area contributed by atoms with Crippen molar-refractivity contribution in [3.63, 3.8) is 0 Å². The molecule has 0 aliphatic rings. The van der Waals surface area contributed by atoms with Crippen LogP contribution in [0.3, 0.4) is 0 Å². The molecule has 4 rings (SSSR count). The number of fused-ring (bicyclic) bond motifs is 1. The number of nitrogens with one attached hydrogen (secondary N) is 1. The van der Waals surface area contributed by atoms with Crippen molar-refractivity contribution in [3.05, 3.63) is 64.9 Å². The van der Waals surface area contributed by atoms with Crippen LogP contribution >= 0.6 is 0 Å². The van der Waals surface area contributed by atoms with E-state index in [4.69, 9.17) is 4.42 Å². The molecular formula is C20H19N5O3. The van der Waals surface area contributed by atoms with Crippen molar-refractivity contribution in [2.75, 3.05) is 5.32 Å². The fraction of sp³-hybridized carbons (Fsp3) is 0.200. The van der Waals surface area contributed by atoms with Gasteiger partial charge in [0.2, 0.25) is 11.8 Å². The molecule has 0 spiro atoms. The number of hydrogen-bond donors (Lipinski definition) is 1. The highest BCUT2D eigenvalue weighted by Gasteiger charge is 2.14. The number of hydrogen-bond acceptors (Lipinski definition) is 5. The first-order chi connectivity index (χ1) is 13.5. The van der Waals surface area contributed by atoms with E-state index in [1.54, 1.807) is 12.1 Å². The molecule has 4 aromatic rings. The van der Waals surface area contributed by atoms with Crippen molar-refractivity contribution in [1.82, 2.24) is 19.3 Å². The number of carbonyl (C=O) groups is 1. The Balaban J connectivity index is 1.51. The van der Waals surface area contributed by atoms with E-state index in [9.17, 15) is 9.59 Å². The number of amides is 1. The van der Waals surface area contributed by atoms with Crippen molar-refractivity contribution in [2.24, 2.45) is 0 Å². The number of nitrogens with zero attached hydrogens (tertiary/aromatic N) is 4. The van der Waals surface area contributed by atoms with Gasteiger partial charge in [-0.2, -0.15) is 4.68 Å². The van der Waals surface area contributed by atoms with Crippen molar-refractivity contribution in [3.8, 4) is 11.5 Å². The maximum Gasteiger partial charge on any atom is 0.437 e. The van der Waals surface area contributed by atoms with Crippen molar-refractivity contribution in [2.45, 2.75) is 26.9 Å². The van der Waals surface area contributed by atoms with E-state index >= 15 is 0 Å². The fourth-order valence-corrected chi connectivity index (χ4v) is 3.17. The second kappa shape index (κ2) is 7.15. The minimum absolute atomic E-state index is 0.181. The van der Waals surface area contributed by atoms with Gasteiger partial charge >= 0.3 is 5.76 Å². The topological polar surface area (TPSA) is 95.0 Å². The molecule has 1 amide bonds.